The highest BCUT2D eigenvalue weighted by atomic mass is 14.9. The summed E-state index contributed by atoms with van der Waals surface area (Å²) < 4.78 is 0. The molecule has 3 heteroatoms. The van der Waals surface area contributed by atoms with E-state index in [2.05, 4.69) is 24.1 Å². The van der Waals surface area contributed by atoms with Gasteiger partial charge in [-0.25, -0.2) is 9.97 Å². The quantitative estimate of drug-likeness (QED) is 0.867. The second-order valence-electron chi connectivity index (χ2n) is 5.77. The predicted octanol–water partition coefficient (Wildman–Crippen LogP) is 3.27. The van der Waals surface area contributed by atoms with E-state index in [1.54, 1.807) is 0 Å². The molecule has 0 spiro atoms. The highest BCUT2D eigenvalue weighted by Gasteiger charge is 2.18. The number of hydrogen-bond acceptors (Lipinski definition) is 3. The summed E-state index contributed by atoms with van der Waals surface area (Å²) in [5.74, 6) is 2.35. The molecule has 0 amide bonds. The van der Waals surface area contributed by atoms with Crippen LogP contribution in [0.15, 0.2) is 12.3 Å². The molecule has 0 atom stereocenters. The molecule has 3 nitrogen and oxygen atoms in total. The Balaban J connectivity index is 1.91. The molecule has 1 aromatic heterocycles. The molecule has 1 aromatic rings. The Morgan fingerprint density at radius 3 is 2.78 bits per heavy atom. The maximum atomic E-state index is 4.72. The zero-order valence-corrected chi connectivity index (χ0v) is 11.7. The standard InChI is InChI=1S/C15H25N3/c1-12(2)10-16-11-14-8-9-17-15(18-14)13-6-4-3-5-7-13/h8-9,12-13,16H,3-7,10-11H2,1-2H3. The summed E-state index contributed by atoms with van der Waals surface area (Å²) in [4.78, 5) is 9.19. The van der Waals surface area contributed by atoms with Crippen LogP contribution in [0.5, 0.6) is 0 Å². The summed E-state index contributed by atoms with van der Waals surface area (Å²) in [7, 11) is 0. The van der Waals surface area contributed by atoms with Crippen molar-refractivity contribution < 1.29 is 0 Å². The lowest BCUT2D eigenvalue weighted by atomic mass is 9.88. The molecule has 2 rings (SSSR count). The van der Waals surface area contributed by atoms with Crippen LogP contribution in [0.2, 0.25) is 0 Å². The van der Waals surface area contributed by atoms with E-state index in [1.807, 2.05) is 12.3 Å². The number of aromatic nitrogens is 2. The normalized spacial score (nSPS) is 17.3. The van der Waals surface area contributed by atoms with Gasteiger partial charge < -0.3 is 5.32 Å². The van der Waals surface area contributed by atoms with Crippen molar-refractivity contribution in [2.75, 3.05) is 6.54 Å². The fourth-order valence-corrected chi connectivity index (χ4v) is 2.56. The van der Waals surface area contributed by atoms with Gasteiger partial charge in [0, 0.05) is 18.7 Å². The van der Waals surface area contributed by atoms with Crippen LogP contribution in [0.25, 0.3) is 0 Å². The van der Waals surface area contributed by atoms with Gasteiger partial charge in [-0.2, -0.15) is 0 Å². The van der Waals surface area contributed by atoms with Crippen molar-refractivity contribution in [3.63, 3.8) is 0 Å². The Labute approximate surface area is 110 Å². The van der Waals surface area contributed by atoms with Gasteiger partial charge in [0.05, 0.1) is 5.69 Å². The topological polar surface area (TPSA) is 37.8 Å². The maximum Gasteiger partial charge on any atom is 0.131 e. The van der Waals surface area contributed by atoms with E-state index in [1.165, 1.54) is 32.1 Å². The lowest BCUT2D eigenvalue weighted by Gasteiger charge is -2.20. The average molecular weight is 247 g/mol. The Kier molecular flexibility index (Phi) is 5.12. The third-order valence-electron chi connectivity index (χ3n) is 3.56. The van der Waals surface area contributed by atoms with Gasteiger partial charge in [-0.15, -0.1) is 0 Å². The molecular formula is C15H25N3. The van der Waals surface area contributed by atoms with Crippen molar-refractivity contribution in [1.29, 1.82) is 0 Å². The molecule has 1 N–H and O–H groups in total. The minimum atomic E-state index is 0.601. The number of nitrogens with one attached hydrogen (secondary N) is 1. The first-order valence-corrected chi connectivity index (χ1v) is 7.28. The first-order valence-electron chi connectivity index (χ1n) is 7.28. The molecule has 1 aliphatic carbocycles. The third-order valence-corrected chi connectivity index (χ3v) is 3.56. The lowest BCUT2D eigenvalue weighted by molar-refractivity contribution is 0.427. The Morgan fingerprint density at radius 1 is 1.28 bits per heavy atom. The first kappa shape index (κ1) is 13.5. The average Bonchev–Trinajstić information content (AvgIpc) is 2.40. The van der Waals surface area contributed by atoms with Crippen LogP contribution < -0.4 is 5.32 Å². The molecule has 0 aromatic carbocycles. The van der Waals surface area contributed by atoms with Crippen LogP contribution in [-0.2, 0) is 6.54 Å². The molecule has 1 saturated carbocycles. The van der Waals surface area contributed by atoms with Crippen LogP contribution >= 0.6 is 0 Å². The van der Waals surface area contributed by atoms with E-state index >= 15 is 0 Å². The molecule has 1 heterocycles. The van der Waals surface area contributed by atoms with Gasteiger partial charge in [-0.05, 0) is 31.4 Å². The van der Waals surface area contributed by atoms with Crippen LogP contribution in [0.3, 0.4) is 0 Å². The number of hydrogen-bond donors (Lipinski definition) is 1. The summed E-state index contributed by atoms with van der Waals surface area (Å²) in [5.41, 5.74) is 1.13. The summed E-state index contributed by atoms with van der Waals surface area (Å²) in [5, 5.41) is 3.44. The van der Waals surface area contributed by atoms with Crippen molar-refractivity contribution in [1.82, 2.24) is 15.3 Å². The highest BCUT2D eigenvalue weighted by molar-refractivity contribution is 5.06. The molecule has 0 bridgehead atoms. The fourth-order valence-electron chi connectivity index (χ4n) is 2.56. The Morgan fingerprint density at radius 2 is 2.06 bits per heavy atom. The third kappa shape index (κ3) is 4.05. The summed E-state index contributed by atoms with van der Waals surface area (Å²) >= 11 is 0. The molecule has 0 saturated heterocycles. The van der Waals surface area contributed by atoms with Gasteiger partial charge in [0.1, 0.15) is 5.82 Å². The minimum Gasteiger partial charge on any atom is -0.311 e. The van der Waals surface area contributed by atoms with Gasteiger partial charge in [-0.1, -0.05) is 33.1 Å². The van der Waals surface area contributed by atoms with Gasteiger partial charge in [0.25, 0.3) is 0 Å². The van der Waals surface area contributed by atoms with Gasteiger partial charge in [0.15, 0.2) is 0 Å². The smallest absolute Gasteiger partial charge is 0.131 e. The molecule has 18 heavy (non-hydrogen) atoms. The highest BCUT2D eigenvalue weighted by Crippen LogP contribution is 2.30. The molecule has 1 aliphatic rings. The fraction of sp³-hybridized carbons (Fsp3) is 0.733. The molecular weight excluding hydrogens is 222 g/mol. The van der Waals surface area contributed by atoms with Crippen molar-refractivity contribution >= 4 is 0 Å². The SMILES string of the molecule is CC(C)CNCc1ccnc(C2CCCCC2)n1. The molecule has 100 valence electrons. The van der Waals surface area contributed by atoms with E-state index in [9.17, 15) is 0 Å². The molecule has 1 fully saturated rings. The van der Waals surface area contributed by atoms with Crippen LogP contribution in [0.4, 0.5) is 0 Å². The first-order chi connectivity index (χ1) is 8.75. The van der Waals surface area contributed by atoms with Crippen LogP contribution in [0.1, 0.15) is 63.4 Å². The van der Waals surface area contributed by atoms with Crippen molar-refractivity contribution in [2.45, 2.75) is 58.4 Å². The zero-order valence-electron chi connectivity index (χ0n) is 11.7. The van der Waals surface area contributed by atoms with Crippen LogP contribution in [-0.4, -0.2) is 16.5 Å². The summed E-state index contributed by atoms with van der Waals surface area (Å²) in [6, 6.07) is 2.03. The van der Waals surface area contributed by atoms with E-state index in [-0.39, 0.29) is 0 Å². The zero-order chi connectivity index (χ0) is 12.8. The van der Waals surface area contributed by atoms with Crippen molar-refractivity contribution in [3.05, 3.63) is 23.8 Å². The van der Waals surface area contributed by atoms with Crippen molar-refractivity contribution in [2.24, 2.45) is 5.92 Å². The van der Waals surface area contributed by atoms with Gasteiger partial charge >= 0.3 is 0 Å². The van der Waals surface area contributed by atoms with E-state index in [0.29, 0.717) is 11.8 Å². The maximum absolute atomic E-state index is 4.72. The van der Waals surface area contributed by atoms with E-state index in [0.717, 1.165) is 24.6 Å². The van der Waals surface area contributed by atoms with Crippen LogP contribution in [0, 0.1) is 5.92 Å². The number of rotatable bonds is 5. The lowest BCUT2D eigenvalue weighted by Crippen LogP contribution is -2.20. The molecule has 0 radical (unpaired) electrons. The monoisotopic (exact) mass is 247 g/mol. The van der Waals surface area contributed by atoms with E-state index < -0.39 is 0 Å². The van der Waals surface area contributed by atoms with Gasteiger partial charge in [0.2, 0.25) is 0 Å². The summed E-state index contributed by atoms with van der Waals surface area (Å²) in [6.45, 7) is 6.35. The number of nitrogens with zero attached hydrogens (tertiary/aromatic N) is 2. The minimum absolute atomic E-state index is 0.601. The predicted molar refractivity (Wildman–Crippen MR) is 74.4 cm³/mol. The molecule has 0 aliphatic heterocycles. The Hall–Kier alpha value is -0.960. The second-order valence-corrected chi connectivity index (χ2v) is 5.77. The Bertz CT molecular complexity index is 357. The molecule has 0 unspecified atom stereocenters. The van der Waals surface area contributed by atoms with Gasteiger partial charge in [-0.3, -0.25) is 0 Å². The summed E-state index contributed by atoms with van der Waals surface area (Å²) in [6.07, 6.45) is 8.51. The second kappa shape index (κ2) is 6.83. The largest absolute Gasteiger partial charge is 0.311 e. The van der Waals surface area contributed by atoms with E-state index in [4.69, 9.17) is 4.98 Å². The van der Waals surface area contributed by atoms with Crippen molar-refractivity contribution in [3.8, 4) is 0 Å².